The van der Waals surface area contributed by atoms with E-state index < -0.39 is 30.2 Å². The van der Waals surface area contributed by atoms with Gasteiger partial charge in [0.1, 0.15) is 4.90 Å². The minimum absolute atomic E-state index is 0.00644. The zero-order valence-corrected chi connectivity index (χ0v) is 17.1. The van der Waals surface area contributed by atoms with Gasteiger partial charge in [0.2, 0.25) is 0 Å². The second-order valence-corrected chi connectivity index (χ2v) is 9.32. The van der Waals surface area contributed by atoms with Crippen molar-refractivity contribution in [2.45, 2.75) is 44.6 Å². The predicted molar refractivity (Wildman–Crippen MR) is 91.7 cm³/mol. The van der Waals surface area contributed by atoms with Crippen LogP contribution in [0.2, 0.25) is 5.02 Å². The zero-order valence-electron chi connectivity index (χ0n) is 14.6. The number of hydrogen-bond donors (Lipinski definition) is 0. The molecule has 0 bridgehead atoms. The molecule has 1 unspecified atom stereocenters. The Morgan fingerprint density at radius 2 is 1.80 bits per heavy atom. The first-order valence-corrected chi connectivity index (χ1v) is 10.9. The van der Waals surface area contributed by atoms with Crippen LogP contribution in [0.15, 0.2) is 23.1 Å². The van der Waals surface area contributed by atoms with Crippen LogP contribution in [0.5, 0.6) is 0 Å². The lowest BCUT2D eigenvalue weighted by Crippen LogP contribution is -2.14. The van der Waals surface area contributed by atoms with E-state index in [1.165, 1.54) is 6.07 Å². The summed E-state index contributed by atoms with van der Waals surface area (Å²) < 4.78 is 51.5. The summed E-state index contributed by atoms with van der Waals surface area (Å²) >= 11 is 6.03. The van der Waals surface area contributed by atoms with Crippen molar-refractivity contribution < 1.29 is 36.3 Å². The average molecular weight is 417 g/mol. The number of rotatable bonds is 10. The Hall–Kier alpha value is -0.510. The molecule has 8 nitrogen and oxygen atoms in total. The maximum absolute atomic E-state index is 12.5. The van der Waals surface area contributed by atoms with Gasteiger partial charge in [-0.2, -0.15) is 8.42 Å². The third-order valence-electron chi connectivity index (χ3n) is 2.77. The Bertz CT molecular complexity index is 720. The minimum atomic E-state index is -4.33. The molecule has 0 amide bonds. The molecule has 1 atom stereocenters. The fourth-order valence-electron chi connectivity index (χ4n) is 1.76. The lowest BCUT2D eigenvalue weighted by molar-refractivity contribution is -0.274. The number of benzene rings is 1. The van der Waals surface area contributed by atoms with Crippen molar-refractivity contribution in [1.29, 1.82) is 0 Å². The van der Waals surface area contributed by atoms with Crippen molar-refractivity contribution >= 4 is 29.3 Å². The van der Waals surface area contributed by atoms with Gasteiger partial charge in [-0.25, -0.2) is 9.78 Å². The lowest BCUT2D eigenvalue weighted by Gasteiger charge is -2.18. The molecule has 0 N–H and O–H groups in total. The normalized spacial score (nSPS) is 14.9. The fraction of sp³-hybridized carbons (Fsp3) is 0.571. The highest BCUT2D eigenvalue weighted by Gasteiger charge is 2.34. The molecule has 0 aliphatic carbocycles. The van der Waals surface area contributed by atoms with Crippen molar-refractivity contribution in [3.63, 3.8) is 0 Å². The molecule has 0 aliphatic rings. The quantitative estimate of drug-likeness (QED) is 0.241. The minimum Gasteiger partial charge on any atom is -0.253 e. The van der Waals surface area contributed by atoms with E-state index in [1.807, 2.05) is 13.8 Å². The summed E-state index contributed by atoms with van der Waals surface area (Å²) in [6.07, 6.45) is -1.39. The van der Waals surface area contributed by atoms with E-state index in [1.54, 1.807) is 26.0 Å². The van der Waals surface area contributed by atoms with Crippen LogP contribution in [0.1, 0.15) is 39.2 Å². The predicted octanol–water partition coefficient (Wildman–Crippen LogP) is 4.25. The molecule has 0 spiro atoms. The maximum Gasteiger partial charge on any atom is 0.411 e. The van der Waals surface area contributed by atoms with Crippen LogP contribution >= 0.6 is 19.2 Å². The van der Waals surface area contributed by atoms with Crippen LogP contribution in [0.4, 0.5) is 0 Å². The van der Waals surface area contributed by atoms with Crippen molar-refractivity contribution in [1.82, 2.24) is 0 Å². The zero-order chi connectivity index (χ0) is 19.3. The highest BCUT2D eigenvalue weighted by atomic mass is 35.5. The first kappa shape index (κ1) is 22.5. The topological polar surface area (TPSA) is 97.4 Å². The summed E-state index contributed by atoms with van der Waals surface area (Å²) in [6, 6.07) is 4.68. The van der Waals surface area contributed by atoms with Crippen LogP contribution < -0.4 is 0 Å². The molecule has 0 aliphatic heterocycles. The van der Waals surface area contributed by atoms with Crippen molar-refractivity contribution in [3.8, 4) is 0 Å². The van der Waals surface area contributed by atoms with Crippen molar-refractivity contribution in [2.24, 2.45) is 0 Å². The standard InChI is InChI=1S/C14H22ClO8PS/c1-10(2)12-7-6-8-13(15)14(12)25(17,18)20-9-24(16,22-19-5)23-21-11(3)4/h6-8,10-11H,9H2,1-5H3. The number of halogens is 1. The van der Waals surface area contributed by atoms with E-state index in [2.05, 4.69) is 14.2 Å². The van der Waals surface area contributed by atoms with Gasteiger partial charge in [0.25, 0.3) is 10.1 Å². The van der Waals surface area contributed by atoms with Gasteiger partial charge in [-0.3, -0.25) is 8.75 Å². The van der Waals surface area contributed by atoms with Crippen molar-refractivity contribution in [2.75, 3.05) is 13.5 Å². The lowest BCUT2D eigenvalue weighted by atomic mass is 10.0. The smallest absolute Gasteiger partial charge is 0.253 e. The van der Waals surface area contributed by atoms with E-state index in [9.17, 15) is 13.0 Å². The second kappa shape index (κ2) is 9.43. The maximum atomic E-state index is 12.5. The van der Waals surface area contributed by atoms with Gasteiger partial charge < -0.3 is 0 Å². The Morgan fingerprint density at radius 3 is 2.32 bits per heavy atom. The highest BCUT2D eigenvalue weighted by molar-refractivity contribution is 7.87. The summed E-state index contributed by atoms with van der Waals surface area (Å²) in [5.74, 6) is -0.130. The Kier molecular flexibility index (Phi) is 8.50. The first-order valence-electron chi connectivity index (χ1n) is 7.37. The molecule has 0 heterocycles. The van der Waals surface area contributed by atoms with Crippen LogP contribution in [-0.4, -0.2) is 28.0 Å². The Labute approximate surface area is 152 Å². The van der Waals surface area contributed by atoms with Gasteiger partial charge in [-0.15, -0.1) is 9.35 Å². The molecule has 144 valence electrons. The fourth-order valence-corrected chi connectivity index (χ4v) is 4.95. The first-order chi connectivity index (χ1) is 11.5. The van der Waals surface area contributed by atoms with Gasteiger partial charge in [0.05, 0.1) is 18.2 Å². The molecule has 1 aromatic rings. The van der Waals surface area contributed by atoms with E-state index in [0.717, 1.165) is 7.11 Å². The van der Waals surface area contributed by atoms with Gasteiger partial charge in [-0.1, -0.05) is 37.6 Å². The third-order valence-corrected chi connectivity index (χ3v) is 5.89. The monoisotopic (exact) mass is 416 g/mol. The van der Waals surface area contributed by atoms with Crippen LogP contribution in [-0.2, 0) is 38.0 Å². The van der Waals surface area contributed by atoms with Crippen LogP contribution in [0.3, 0.4) is 0 Å². The van der Waals surface area contributed by atoms with Gasteiger partial charge in [0, 0.05) is 0 Å². The SMILES string of the molecule is COOP(=O)(COS(=O)(=O)c1c(Cl)cccc1C(C)C)OOC(C)C. The molecule has 0 saturated carbocycles. The van der Waals surface area contributed by atoms with Crippen LogP contribution in [0.25, 0.3) is 0 Å². The molecule has 0 saturated heterocycles. The van der Waals surface area contributed by atoms with Crippen LogP contribution in [0, 0.1) is 0 Å². The summed E-state index contributed by atoms with van der Waals surface area (Å²) in [5.41, 5.74) is 0.467. The highest BCUT2D eigenvalue weighted by Crippen LogP contribution is 2.49. The Morgan fingerprint density at radius 1 is 1.16 bits per heavy atom. The molecule has 0 fully saturated rings. The number of hydrogen-bond acceptors (Lipinski definition) is 8. The van der Waals surface area contributed by atoms with E-state index in [4.69, 9.17) is 20.7 Å². The summed E-state index contributed by atoms with van der Waals surface area (Å²) in [4.78, 5) is 8.88. The second-order valence-electron chi connectivity index (χ2n) is 5.59. The average Bonchev–Trinajstić information content (AvgIpc) is 2.51. The molecular formula is C14H22ClO8PS. The molecule has 0 aromatic heterocycles. The molecule has 1 rings (SSSR count). The third kappa shape index (κ3) is 6.62. The summed E-state index contributed by atoms with van der Waals surface area (Å²) in [6.45, 7) is 6.85. The molecular weight excluding hydrogens is 395 g/mol. The van der Waals surface area contributed by atoms with E-state index in [0.29, 0.717) is 5.56 Å². The van der Waals surface area contributed by atoms with Gasteiger partial charge in [0.15, 0.2) is 6.35 Å². The van der Waals surface area contributed by atoms with Crippen molar-refractivity contribution in [3.05, 3.63) is 28.8 Å². The van der Waals surface area contributed by atoms with E-state index in [-0.39, 0.29) is 15.8 Å². The van der Waals surface area contributed by atoms with E-state index >= 15 is 0 Å². The molecule has 1 aromatic carbocycles. The van der Waals surface area contributed by atoms with Gasteiger partial charge in [-0.05, 0) is 31.4 Å². The Balaban J connectivity index is 3.07. The summed E-state index contributed by atoms with van der Waals surface area (Å²) in [5, 5.41) is -0.00644. The molecule has 25 heavy (non-hydrogen) atoms. The molecule has 11 heteroatoms. The molecule has 0 radical (unpaired) electrons. The largest absolute Gasteiger partial charge is 0.411 e. The summed E-state index contributed by atoms with van der Waals surface area (Å²) in [7, 11) is -7.38. The van der Waals surface area contributed by atoms with Gasteiger partial charge >= 0.3 is 7.60 Å².